The van der Waals surface area contributed by atoms with E-state index in [1.165, 1.54) is 0 Å². The van der Waals surface area contributed by atoms with Crippen LogP contribution >= 0.6 is 3.36 Å². The summed E-state index contributed by atoms with van der Waals surface area (Å²) in [5, 5.41) is 0. The van der Waals surface area contributed by atoms with Crippen LogP contribution < -0.4 is 0 Å². The third-order valence-corrected chi connectivity index (χ3v) is 0. The van der Waals surface area contributed by atoms with Gasteiger partial charge in [-0.3, -0.25) is 0 Å². The van der Waals surface area contributed by atoms with Gasteiger partial charge in [0.15, 0.2) is 0 Å². The molecule has 0 rings (SSSR count). The molecule has 0 aliphatic carbocycles. The minimum atomic E-state index is -3.47. The van der Waals surface area contributed by atoms with E-state index in [1.54, 1.807) is 0 Å². The fourth-order valence-corrected chi connectivity index (χ4v) is 0. The Morgan fingerprint density at radius 3 is 1.60 bits per heavy atom. The van der Waals surface area contributed by atoms with Crippen molar-refractivity contribution >= 4 is 3.36 Å². The zero-order chi connectivity index (χ0) is 4.50. The summed E-state index contributed by atoms with van der Waals surface area (Å²) in [6.07, 6.45) is 0. The first-order valence-corrected chi connectivity index (χ1v) is 7.39. The van der Waals surface area contributed by atoms with Gasteiger partial charge in [0.25, 0.3) is 0 Å². The molecule has 0 unspecified atom stereocenters. The summed E-state index contributed by atoms with van der Waals surface area (Å²) in [7, 11) is 0. The molecule has 0 bridgehead atoms. The van der Waals surface area contributed by atoms with E-state index >= 15 is 0 Å². The Hall–Kier alpha value is 1.34. The predicted molar refractivity (Wildman–Crippen MR) is 12.0 cm³/mol. The van der Waals surface area contributed by atoms with Gasteiger partial charge in [-0.2, -0.15) is 0 Å². The number of rotatable bonds is 0. The number of hydrogen-bond acceptors (Lipinski definition) is 1. The molecule has 0 saturated heterocycles. The van der Waals surface area contributed by atoms with Crippen molar-refractivity contribution in [2.45, 2.75) is 0 Å². The average Bonchev–Trinajstić information content (AvgIpc) is 0.722. The molecular formula is H2LaO3P. The van der Waals surface area contributed by atoms with Gasteiger partial charge in [0.2, 0.25) is 0 Å². The summed E-state index contributed by atoms with van der Waals surface area (Å²) >= 11 is -0.201. The second-order valence-electron chi connectivity index (χ2n) is 0.589. The zero-order valence-electron chi connectivity index (χ0n) is 2.33. The molecule has 0 radical (unpaired) electrons. The second-order valence-corrected chi connectivity index (χ2v) is 8.10. The van der Waals surface area contributed by atoms with Crippen molar-refractivity contribution in [1.82, 2.24) is 0 Å². The molecule has 5 heavy (non-hydrogen) atoms. The Bertz CT molecular complexity index is 53.0. The molecule has 0 aromatic rings. The quantitative estimate of drug-likeness (QED) is 0.547. The van der Waals surface area contributed by atoms with E-state index in [0.29, 0.717) is 0 Å². The summed E-state index contributed by atoms with van der Waals surface area (Å²) in [4.78, 5) is 15.4. The van der Waals surface area contributed by atoms with Crippen LogP contribution in [-0.4, -0.2) is 9.79 Å². The van der Waals surface area contributed by atoms with Crippen molar-refractivity contribution in [3.05, 3.63) is 0 Å². The van der Waals surface area contributed by atoms with Crippen molar-refractivity contribution in [3.63, 3.8) is 0 Å². The molecule has 5 heteroatoms. The molecule has 0 aromatic carbocycles. The van der Waals surface area contributed by atoms with Gasteiger partial charge in [0, 0.05) is 0 Å². The van der Waals surface area contributed by atoms with Gasteiger partial charge in [-0.05, 0) is 0 Å². The van der Waals surface area contributed by atoms with Crippen LogP contribution in [0.5, 0.6) is 0 Å². The van der Waals surface area contributed by atoms with Crippen LogP contribution in [0.25, 0.3) is 0 Å². The van der Waals surface area contributed by atoms with E-state index in [2.05, 4.69) is 0 Å². The number of hydrogen-bond donors (Lipinski definition) is 2. The summed E-state index contributed by atoms with van der Waals surface area (Å²) in [6, 6.07) is 0. The first-order chi connectivity index (χ1) is 2.00. The van der Waals surface area contributed by atoms with Crippen molar-refractivity contribution in [2.24, 2.45) is 0 Å². The fraction of sp³-hybridized carbons (Fsp3) is 0. The second kappa shape index (κ2) is 1.87. The Morgan fingerprint density at radius 1 is 1.60 bits per heavy atom. The Balaban J connectivity index is 3.47. The molecule has 3 nitrogen and oxygen atoms in total. The van der Waals surface area contributed by atoms with Crippen LogP contribution in [0.1, 0.15) is 0 Å². The molecule has 0 spiro atoms. The van der Waals surface area contributed by atoms with Crippen molar-refractivity contribution < 1.29 is 47.4 Å². The van der Waals surface area contributed by atoms with E-state index in [0.717, 1.165) is 0 Å². The monoisotopic (exact) mass is 220 g/mol. The van der Waals surface area contributed by atoms with Crippen LogP contribution in [0.3, 0.4) is 0 Å². The SMILES string of the molecule is O=[P](O)(O)[La]. The van der Waals surface area contributed by atoms with Gasteiger partial charge in [-0.15, -0.1) is 0 Å². The summed E-state index contributed by atoms with van der Waals surface area (Å²) in [5.41, 5.74) is 0. The van der Waals surface area contributed by atoms with Crippen LogP contribution in [0.2, 0.25) is 0 Å². The van der Waals surface area contributed by atoms with Gasteiger partial charge in [0.1, 0.15) is 0 Å². The fourth-order valence-electron chi connectivity index (χ4n) is 0. The Labute approximate surface area is 50.5 Å². The summed E-state index contributed by atoms with van der Waals surface area (Å²) < 4.78 is 5.93. The molecule has 0 saturated carbocycles. The molecule has 0 amide bonds. The predicted octanol–water partition coefficient (Wildman–Crippen LogP) is -0.372. The Morgan fingerprint density at radius 2 is 1.60 bits per heavy atom. The van der Waals surface area contributed by atoms with Crippen molar-refractivity contribution in [3.8, 4) is 0 Å². The standard InChI is InChI=1S/La.HO3P/c;1-4(2)3/h;(H-,1,2,3)/q-1;/p+1. The van der Waals surface area contributed by atoms with E-state index in [1.807, 2.05) is 0 Å². The first-order valence-electron chi connectivity index (χ1n) is 0.841. The molecule has 0 aliphatic rings. The summed E-state index contributed by atoms with van der Waals surface area (Å²) in [6.45, 7) is 0. The topological polar surface area (TPSA) is 57.5 Å². The van der Waals surface area contributed by atoms with Crippen molar-refractivity contribution in [1.29, 1.82) is 0 Å². The third-order valence-electron chi connectivity index (χ3n) is 0. The van der Waals surface area contributed by atoms with Crippen LogP contribution in [0.4, 0.5) is 0 Å². The van der Waals surface area contributed by atoms with E-state index in [9.17, 15) is 4.57 Å². The van der Waals surface area contributed by atoms with Gasteiger partial charge in [0.05, 0.1) is 0 Å². The van der Waals surface area contributed by atoms with Crippen LogP contribution in [0, 0.1) is 33.0 Å². The first kappa shape index (κ1) is 6.34. The summed E-state index contributed by atoms with van der Waals surface area (Å²) in [5.74, 6) is 0. The Kier molecular flexibility index (Phi) is 2.37. The van der Waals surface area contributed by atoms with Crippen LogP contribution in [-0.2, 0) is 4.57 Å². The van der Waals surface area contributed by atoms with Crippen molar-refractivity contribution in [2.75, 3.05) is 0 Å². The van der Waals surface area contributed by atoms with Gasteiger partial charge < -0.3 is 0 Å². The van der Waals surface area contributed by atoms with Gasteiger partial charge in [-0.25, -0.2) is 0 Å². The molecule has 0 fully saturated rings. The van der Waals surface area contributed by atoms with Gasteiger partial charge in [-0.1, -0.05) is 0 Å². The maximum absolute atomic E-state index is 9.40. The van der Waals surface area contributed by atoms with E-state index < -0.39 is 3.36 Å². The minimum absolute atomic E-state index is 0.201. The van der Waals surface area contributed by atoms with E-state index in [4.69, 9.17) is 9.79 Å². The van der Waals surface area contributed by atoms with Gasteiger partial charge >= 0.3 is 50.7 Å². The molecule has 0 heterocycles. The molecule has 2 N–H and O–H groups in total. The molecule has 28 valence electrons. The maximum atomic E-state index is 9.40. The zero-order valence-corrected chi connectivity index (χ0v) is 6.85. The third kappa shape index (κ3) is 33.1. The molecular weight excluding hydrogens is 218 g/mol. The normalized spacial score (nSPS) is 11.4. The molecule has 0 aliphatic heterocycles. The van der Waals surface area contributed by atoms with E-state index in [-0.39, 0.29) is 33.0 Å². The van der Waals surface area contributed by atoms with Crippen LogP contribution in [0.15, 0.2) is 0 Å². The average molecular weight is 220 g/mol. The molecule has 0 atom stereocenters. The molecule has 0 aromatic heterocycles.